The Kier molecular flexibility index (Phi) is 8.41. The molecule has 4 N–H and O–H groups in total. The molecule has 0 unspecified atom stereocenters. The summed E-state index contributed by atoms with van der Waals surface area (Å²) in [6.07, 6.45) is 9.63. The summed E-state index contributed by atoms with van der Waals surface area (Å²) in [5.74, 6) is -5.37. The second kappa shape index (κ2) is 12.3. The van der Waals surface area contributed by atoms with Crippen LogP contribution in [0.3, 0.4) is 0 Å². The summed E-state index contributed by atoms with van der Waals surface area (Å²) < 4.78 is 53.1. The van der Waals surface area contributed by atoms with Gasteiger partial charge in [0.15, 0.2) is 0 Å². The van der Waals surface area contributed by atoms with Crippen LogP contribution in [-0.2, 0) is 11.2 Å². The Hall–Kier alpha value is -3.86. The van der Waals surface area contributed by atoms with Gasteiger partial charge in [-0.05, 0) is 43.7 Å². The van der Waals surface area contributed by atoms with Gasteiger partial charge in [-0.1, -0.05) is 29.1 Å². The highest BCUT2D eigenvalue weighted by atomic mass is 32.1. The maximum absolute atomic E-state index is 13.3. The number of carbonyl (C=O) groups is 1. The lowest BCUT2D eigenvalue weighted by Crippen LogP contribution is -2.56. The third kappa shape index (κ3) is 7.09. The number of alkyl halides is 4. The Morgan fingerprint density at radius 3 is 2.32 bits per heavy atom. The van der Waals surface area contributed by atoms with Gasteiger partial charge in [0.1, 0.15) is 10.0 Å². The van der Waals surface area contributed by atoms with E-state index in [0.717, 1.165) is 35.7 Å². The number of nitrogens with one attached hydrogen (secondary N) is 2. The van der Waals surface area contributed by atoms with Crippen LogP contribution in [-0.4, -0.2) is 74.2 Å². The summed E-state index contributed by atoms with van der Waals surface area (Å²) in [6, 6.07) is 3.30. The molecule has 1 amide bonds. The standard InChI is InChI=1S/C27H30F4N10OS2/c28-26(29)12-40(13-26)19-5-7-33-18(9-19)10-21(42)35-25-39-37-23(44-25)17-3-1-2-16(8-17)22-36-38-24(43-22)34-11-20(4-6-32)41-14-27(30,31)15-41/h4-7,9,11,16-17H,1-3,8,10,12-15,32H2,(H,34,38)(H,35,39,42)/b6-4-,20-11+/t16-,17-/m0/s1. The molecule has 2 aliphatic heterocycles. The van der Waals surface area contributed by atoms with Crippen molar-refractivity contribution in [2.45, 2.75) is 55.8 Å². The predicted molar refractivity (Wildman–Crippen MR) is 159 cm³/mol. The van der Waals surface area contributed by atoms with E-state index in [-0.39, 0.29) is 50.3 Å². The molecule has 1 aliphatic carbocycles. The molecular weight excluding hydrogens is 620 g/mol. The number of hydrogen-bond acceptors (Lipinski definition) is 12. The van der Waals surface area contributed by atoms with Gasteiger partial charge in [0, 0.05) is 29.9 Å². The number of allylic oxidation sites excluding steroid dienone is 1. The molecule has 0 spiro atoms. The zero-order valence-electron chi connectivity index (χ0n) is 23.4. The smallest absolute Gasteiger partial charge is 0.282 e. The third-order valence-electron chi connectivity index (χ3n) is 7.67. The summed E-state index contributed by atoms with van der Waals surface area (Å²) >= 11 is 2.75. The number of rotatable bonds is 10. The molecule has 2 atom stereocenters. The number of nitrogens with two attached hydrogens (primary N) is 1. The number of amides is 1. The number of pyridine rings is 1. The fraction of sp³-hybridized carbons (Fsp3) is 0.481. The molecule has 0 radical (unpaired) electrons. The summed E-state index contributed by atoms with van der Waals surface area (Å²) in [7, 11) is 0. The zero-order chi connectivity index (χ0) is 30.9. The van der Waals surface area contributed by atoms with Crippen molar-refractivity contribution in [2.75, 3.05) is 41.7 Å². The fourth-order valence-corrected chi connectivity index (χ4v) is 7.27. The van der Waals surface area contributed by atoms with Gasteiger partial charge < -0.3 is 26.2 Å². The molecule has 17 heteroatoms. The average Bonchev–Trinajstić information content (AvgIpc) is 3.63. The van der Waals surface area contributed by atoms with Crippen LogP contribution in [0, 0.1) is 0 Å². The molecule has 6 rings (SSSR count). The maximum atomic E-state index is 13.3. The summed E-state index contributed by atoms with van der Waals surface area (Å²) in [5.41, 5.74) is 7.11. The molecule has 3 aromatic heterocycles. The van der Waals surface area contributed by atoms with Crippen molar-refractivity contribution in [3.05, 3.63) is 58.2 Å². The maximum Gasteiger partial charge on any atom is 0.282 e. The minimum Gasteiger partial charge on any atom is -0.405 e. The van der Waals surface area contributed by atoms with Crippen LogP contribution in [0.25, 0.3) is 0 Å². The number of likely N-dealkylation sites (tertiary alicyclic amines) is 1. The van der Waals surface area contributed by atoms with E-state index < -0.39 is 11.8 Å². The van der Waals surface area contributed by atoms with Crippen molar-refractivity contribution < 1.29 is 22.4 Å². The van der Waals surface area contributed by atoms with Crippen molar-refractivity contribution in [2.24, 2.45) is 5.73 Å². The molecule has 0 bridgehead atoms. The van der Waals surface area contributed by atoms with E-state index in [1.807, 2.05) is 0 Å². The monoisotopic (exact) mass is 650 g/mol. The van der Waals surface area contributed by atoms with Crippen molar-refractivity contribution in [1.82, 2.24) is 30.3 Å². The lowest BCUT2D eigenvalue weighted by atomic mass is 9.82. The van der Waals surface area contributed by atoms with Gasteiger partial charge in [0.05, 0.1) is 44.0 Å². The van der Waals surface area contributed by atoms with E-state index in [1.54, 1.807) is 29.3 Å². The van der Waals surface area contributed by atoms with E-state index in [2.05, 4.69) is 36.0 Å². The number of hydrogen-bond donors (Lipinski definition) is 3. The SMILES string of the molecule is N/C=C\C(=C/Nc1nnc([C@H]2CCC[C@H](c3nnc(NC(=O)Cc4cc(N5CC(F)(F)C5)ccn4)s3)C2)s1)N1CC(F)(F)C1. The van der Waals surface area contributed by atoms with Crippen molar-refractivity contribution in [3.8, 4) is 0 Å². The van der Waals surface area contributed by atoms with E-state index in [0.29, 0.717) is 27.3 Å². The molecule has 2 saturated heterocycles. The molecule has 3 aliphatic rings. The number of aromatic nitrogens is 5. The number of halogens is 4. The van der Waals surface area contributed by atoms with Crippen molar-refractivity contribution >= 4 is 44.5 Å². The normalized spacial score (nSPS) is 22.9. The lowest BCUT2D eigenvalue weighted by Gasteiger charge is -2.40. The first-order valence-electron chi connectivity index (χ1n) is 14.1. The number of anilines is 3. The number of carbonyl (C=O) groups excluding carboxylic acids is 1. The second-order valence-electron chi connectivity index (χ2n) is 11.2. The van der Waals surface area contributed by atoms with Crippen LogP contribution in [0.4, 0.5) is 33.5 Å². The molecule has 3 aromatic rings. The van der Waals surface area contributed by atoms with Crippen LogP contribution >= 0.6 is 22.7 Å². The first-order valence-corrected chi connectivity index (χ1v) is 15.7. The van der Waals surface area contributed by atoms with Gasteiger partial charge in [0.25, 0.3) is 11.8 Å². The minimum absolute atomic E-state index is 0.0182. The van der Waals surface area contributed by atoms with Gasteiger partial charge in [-0.2, -0.15) is 0 Å². The van der Waals surface area contributed by atoms with Crippen molar-refractivity contribution in [1.29, 1.82) is 0 Å². The molecule has 234 valence electrons. The van der Waals surface area contributed by atoms with Gasteiger partial charge in [-0.3, -0.25) is 9.78 Å². The first kappa shape index (κ1) is 30.2. The Morgan fingerprint density at radius 1 is 1.00 bits per heavy atom. The van der Waals surface area contributed by atoms with Crippen LogP contribution in [0.2, 0.25) is 0 Å². The average molecular weight is 651 g/mol. The number of nitrogens with zero attached hydrogens (tertiary/aromatic N) is 7. The highest BCUT2D eigenvalue weighted by Gasteiger charge is 2.45. The fourth-order valence-electron chi connectivity index (χ4n) is 5.50. The summed E-state index contributed by atoms with van der Waals surface area (Å²) in [6.45, 7) is -1.40. The Balaban J connectivity index is 1.02. The van der Waals surface area contributed by atoms with Gasteiger partial charge in [-0.25, -0.2) is 17.6 Å². The van der Waals surface area contributed by atoms with E-state index >= 15 is 0 Å². The molecule has 3 fully saturated rings. The first-order chi connectivity index (χ1) is 21.1. The van der Waals surface area contributed by atoms with Gasteiger partial charge in [-0.15, -0.1) is 20.4 Å². The van der Waals surface area contributed by atoms with E-state index in [4.69, 9.17) is 5.73 Å². The molecule has 5 heterocycles. The Labute approximate surface area is 258 Å². The molecule has 44 heavy (non-hydrogen) atoms. The molecular formula is C27H30F4N10OS2. The predicted octanol–water partition coefficient (Wildman–Crippen LogP) is 4.54. The van der Waals surface area contributed by atoms with Crippen LogP contribution in [0.15, 0.2) is 42.5 Å². The minimum atomic E-state index is -2.70. The second-order valence-corrected chi connectivity index (χ2v) is 13.2. The zero-order valence-corrected chi connectivity index (χ0v) is 25.1. The Morgan fingerprint density at radius 2 is 1.66 bits per heavy atom. The summed E-state index contributed by atoms with van der Waals surface area (Å²) in [4.78, 5) is 19.9. The quantitative estimate of drug-likeness (QED) is 0.212. The summed E-state index contributed by atoms with van der Waals surface area (Å²) in [5, 5.41) is 25.6. The van der Waals surface area contributed by atoms with E-state index in [9.17, 15) is 22.4 Å². The largest absolute Gasteiger partial charge is 0.405 e. The van der Waals surface area contributed by atoms with Crippen LogP contribution in [0.5, 0.6) is 0 Å². The Bertz CT molecular complexity index is 1540. The van der Waals surface area contributed by atoms with E-state index in [1.165, 1.54) is 40.0 Å². The van der Waals surface area contributed by atoms with Gasteiger partial charge >= 0.3 is 0 Å². The van der Waals surface area contributed by atoms with Crippen molar-refractivity contribution in [3.63, 3.8) is 0 Å². The molecule has 0 aromatic carbocycles. The topological polar surface area (TPSA) is 138 Å². The van der Waals surface area contributed by atoms with Gasteiger partial charge in [0.2, 0.25) is 16.2 Å². The highest BCUT2D eigenvalue weighted by Crippen LogP contribution is 2.43. The highest BCUT2D eigenvalue weighted by molar-refractivity contribution is 7.15. The third-order valence-corrected chi connectivity index (χ3v) is 9.69. The molecule has 11 nitrogen and oxygen atoms in total. The lowest BCUT2D eigenvalue weighted by molar-refractivity contribution is -0.115. The molecule has 1 saturated carbocycles. The van der Waals surface area contributed by atoms with Crippen LogP contribution in [0.1, 0.15) is 53.2 Å². The van der Waals surface area contributed by atoms with Crippen LogP contribution < -0.4 is 21.3 Å².